The van der Waals surface area contributed by atoms with Crippen LogP contribution in [0.5, 0.6) is 0 Å². The average Bonchev–Trinajstić information content (AvgIpc) is 2.15. The maximum Gasteiger partial charge on any atom is 1.00 e. The van der Waals surface area contributed by atoms with Crippen LogP contribution in [-0.4, -0.2) is 44.3 Å². The minimum Gasteiger partial charge on any atom is -0.745 e. The molecule has 0 spiro atoms. The van der Waals surface area contributed by atoms with Crippen molar-refractivity contribution in [3.8, 4) is 0 Å². The topological polar surface area (TPSA) is 138 Å². The van der Waals surface area contributed by atoms with Gasteiger partial charge in [-0.25, -0.2) is 13.2 Å². The summed E-state index contributed by atoms with van der Waals surface area (Å²) < 4.78 is 60.9. The Morgan fingerprint density at radius 1 is 1.37 bits per heavy atom. The van der Waals surface area contributed by atoms with E-state index >= 15 is 0 Å². The molecule has 0 aliphatic rings. The summed E-state index contributed by atoms with van der Waals surface area (Å²) in [5.74, 6) is -1.26. The van der Waals surface area contributed by atoms with Crippen LogP contribution in [-0.2, 0) is 29.8 Å². The Morgan fingerprint density at radius 3 is 1.95 bits per heavy atom. The van der Waals surface area contributed by atoms with Gasteiger partial charge in [-0.05, 0) is 6.92 Å². The second kappa shape index (κ2) is 10.5. The van der Waals surface area contributed by atoms with Crippen molar-refractivity contribution in [3.05, 3.63) is 24.1 Å². The zero-order valence-corrected chi connectivity index (χ0v) is 14.2. The first kappa shape index (κ1) is 23.8. The third-order valence-corrected chi connectivity index (χ3v) is 2.22. The summed E-state index contributed by atoms with van der Waals surface area (Å²) in [6.07, 6.45) is 0. The van der Waals surface area contributed by atoms with Gasteiger partial charge in [0.05, 0.1) is 0 Å². The molecule has 0 amide bonds. The molecule has 1 N–H and O–H groups in total. The van der Waals surface area contributed by atoms with Crippen molar-refractivity contribution in [3.63, 3.8) is 0 Å². The fraction of sp³-hybridized carbons (Fsp3) is 0.375. The number of hydrogen-bond donors (Lipinski definition) is 1. The molecule has 0 saturated heterocycles. The third-order valence-electron chi connectivity index (χ3n) is 1.13. The molecule has 0 radical (unpaired) electrons. The Labute approximate surface area is 134 Å². The fourth-order valence-corrected chi connectivity index (χ4v) is 0.657. The Morgan fingerprint density at radius 2 is 1.74 bits per heavy atom. The molecule has 19 heavy (non-hydrogen) atoms. The predicted molar refractivity (Wildman–Crippen MR) is 62.1 cm³/mol. The van der Waals surface area contributed by atoms with E-state index in [0.29, 0.717) is 5.41 Å². The van der Waals surface area contributed by atoms with Crippen molar-refractivity contribution < 1.29 is 65.0 Å². The summed E-state index contributed by atoms with van der Waals surface area (Å²) in [5.41, 5.74) is 0.185. The second-order valence-electron chi connectivity index (χ2n) is 2.86. The van der Waals surface area contributed by atoms with E-state index in [4.69, 9.17) is 4.55 Å². The van der Waals surface area contributed by atoms with Crippen molar-refractivity contribution in [1.82, 2.24) is 0 Å². The number of esters is 1. The van der Waals surface area contributed by atoms with Gasteiger partial charge in [-0.3, -0.25) is 4.55 Å². The van der Waals surface area contributed by atoms with Crippen LogP contribution < -0.4 is 29.6 Å². The molecule has 0 rings (SSSR count). The minimum atomic E-state index is -4.15. The van der Waals surface area contributed by atoms with E-state index in [2.05, 4.69) is 17.9 Å². The Kier molecular flexibility index (Phi) is 13.2. The second-order valence-corrected chi connectivity index (χ2v) is 5.75. The molecule has 0 aliphatic heterocycles. The summed E-state index contributed by atoms with van der Waals surface area (Å²) in [4.78, 5) is 10.6. The summed E-state index contributed by atoms with van der Waals surface area (Å²) >= 11 is 0. The normalized spacial score (nSPS) is 10.3. The van der Waals surface area contributed by atoms with Crippen LogP contribution in [0.25, 0.3) is 0 Å². The third kappa shape index (κ3) is 23.3. The van der Waals surface area contributed by atoms with E-state index in [9.17, 15) is 26.2 Å². The largest absolute Gasteiger partial charge is 1.00 e. The van der Waals surface area contributed by atoms with Crippen LogP contribution in [0.15, 0.2) is 24.1 Å². The first-order valence-corrected chi connectivity index (χ1v) is 7.33. The average molecular weight is 324 g/mol. The molecule has 0 aromatic rings. The molecule has 0 aromatic carbocycles. The Hall–Kier alpha value is -0.230. The van der Waals surface area contributed by atoms with Crippen molar-refractivity contribution in [1.29, 1.82) is 0 Å². The molecule has 11 heteroatoms. The van der Waals surface area contributed by atoms with Gasteiger partial charge in [0.1, 0.15) is 22.5 Å². The molecular formula is C8H13NaO8S2. The number of ether oxygens (including phenoxy) is 1. The van der Waals surface area contributed by atoms with Gasteiger partial charge in [-0.2, -0.15) is 8.42 Å². The molecule has 0 unspecified atom stereocenters. The zero-order chi connectivity index (χ0) is 15.0. The van der Waals surface area contributed by atoms with Crippen LogP contribution in [0, 0.1) is 0 Å². The fourth-order valence-electron chi connectivity index (χ4n) is 0.363. The van der Waals surface area contributed by atoms with Crippen molar-refractivity contribution in [2.24, 2.45) is 0 Å². The van der Waals surface area contributed by atoms with Gasteiger partial charge in [0.15, 0.2) is 0 Å². The summed E-state index contributed by atoms with van der Waals surface area (Å²) in [7, 11) is -8.20. The van der Waals surface area contributed by atoms with Gasteiger partial charge >= 0.3 is 35.5 Å². The van der Waals surface area contributed by atoms with Gasteiger partial charge in [-0.15, -0.1) is 0 Å². The molecule has 0 heterocycles. The number of hydrogen-bond acceptors (Lipinski definition) is 7. The number of rotatable bonds is 5. The monoisotopic (exact) mass is 324 g/mol. The van der Waals surface area contributed by atoms with E-state index in [1.54, 1.807) is 0 Å². The standard InChI is InChI=1S/C6H10O5S.C2H4O3S.Na/c1-5(2)6(7)11-3-4-12(8,9)10;1-2-6(3,4)5;/h1,3-4H2,2H3,(H,8,9,10);2H,1H2,(H,3,4,5);/q;;+1/p-1. The van der Waals surface area contributed by atoms with Gasteiger partial charge in [0, 0.05) is 11.0 Å². The maximum atomic E-state index is 10.6. The van der Waals surface area contributed by atoms with Crippen molar-refractivity contribution in [2.75, 3.05) is 12.4 Å². The van der Waals surface area contributed by atoms with E-state index in [1.807, 2.05) is 0 Å². The minimum absolute atomic E-state index is 0. The quantitative estimate of drug-likeness (QED) is 0.240. The van der Waals surface area contributed by atoms with Crippen molar-refractivity contribution >= 4 is 26.2 Å². The van der Waals surface area contributed by atoms with Crippen LogP contribution in [0.4, 0.5) is 0 Å². The SMILES string of the molecule is C=C(C)C(=O)OCCS(=O)(=O)O.C=CS(=O)(=O)[O-].[Na+]. The maximum absolute atomic E-state index is 10.6. The van der Waals surface area contributed by atoms with Crippen LogP contribution in [0.1, 0.15) is 6.92 Å². The van der Waals surface area contributed by atoms with Gasteiger partial charge < -0.3 is 9.29 Å². The molecule has 0 bridgehead atoms. The molecular weight excluding hydrogens is 311 g/mol. The molecule has 0 aliphatic carbocycles. The smallest absolute Gasteiger partial charge is 0.745 e. The van der Waals surface area contributed by atoms with Gasteiger partial charge in [0.25, 0.3) is 10.1 Å². The van der Waals surface area contributed by atoms with E-state index < -0.39 is 32.0 Å². The van der Waals surface area contributed by atoms with Crippen LogP contribution >= 0.6 is 0 Å². The Bertz CT molecular complexity index is 493. The van der Waals surface area contributed by atoms with Crippen LogP contribution in [0.3, 0.4) is 0 Å². The zero-order valence-electron chi connectivity index (χ0n) is 10.5. The first-order chi connectivity index (χ1) is 7.89. The molecule has 106 valence electrons. The first-order valence-electron chi connectivity index (χ1n) is 4.25. The summed E-state index contributed by atoms with van der Waals surface area (Å²) in [6.45, 7) is 7.10. The molecule has 0 atom stereocenters. The van der Waals surface area contributed by atoms with Gasteiger partial charge in [-0.1, -0.05) is 13.2 Å². The summed E-state index contributed by atoms with van der Waals surface area (Å²) in [6, 6.07) is 0. The van der Waals surface area contributed by atoms with E-state index in [0.717, 1.165) is 0 Å². The van der Waals surface area contributed by atoms with Gasteiger partial charge in [0.2, 0.25) is 0 Å². The molecule has 0 saturated carbocycles. The molecule has 0 aromatic heterocycles. The van der Waals surface area contributed by atoms with E-state index in [1.165, 1.54) is 6.92 Å². The summed E-state index contributed by atoms with van der Waals surface area (Å²) in [5, 5.41) is 0.354. The molecule has 8 nitrogen and oxygen atoms in total. The van der Waals surface area contributed by atoms with E-state index in [-0.39, 0.29) is 41.7 Å². The number of carbonyl (C=O) groups is 1. The molecule has 0 fully saturated rings. The predicted octanol–water partition coefficient (Wildman–Crippen LogP) is -3.33. The van der Waals surface area contributed by atoms with Crippen molar-refractivity contribution in [2.45, 2.75) is 6.92 Å². The van der Waals surface area contributed by atoms with Crippen LogP contribution in [0.2, 0.25) is 0 Å². The Balaban J connectivity index is -0.000000313. The number of carbonyl (C=O) groups excluding carboxylic acids is 1.